The number of rotatable bonds is 3. The molecule has 0 saturated heterocycles. The van der Waals surface area contributed by atoms with Crippen molar-refractivity contribution in [2.24, 2.45) is 5.73 Å². The third-order valence-electron chi connectivity index (χ3n) is 2.11. The lowest BCUT2D eigenvalue weighted by Crippen LogP contribution is -2.29. The number of para-hydroxylation sites is 1. The van der Waals surface area contributed by atoms with Gasteiger partial charge >= 0.3 is 17.6 Å². The molecule has 1 rings (SSSR count). The number of nitro groups is 2. The van der Waals surface area contributed by atoms with Crippen molar-refractivity contribution in [3.8, 4) is 0 Å². The number of alkyl halides is 3. The van der Waals surface area contributed by atoms with Crippen LogP contribution < -0.4 is 5.73 Å². The maximum Gasteiger partial charge on any atom is 0.407 e. The van der Waals surface area contributed by atoms with Crippen molar-refractivity contribution >= 4 is 23.8 Å². The molecule has 1 aromatic carbocycles. The van der Waals surface area contributed by atoms with Crippen molar-refractivity contribution in [1.29, 1.82) is 0 Å². The molecule has 0 heterocycles. The van der Waals surface area contributed by atoms with E-state index in [4.69, 9.17) is 5.73 Å². The summed E-state index contributed by atoms with van der Waals surface area (Å²) in [6.07, 6.45) is -4.93. The third kappa shape index (κ3) is 3.51. The largest absolute Gasteiger partial charge is 0.407 e. The highest BCUT2D eigenvalue weighted by Crippen LogP contribution is 2.39. The van der Waals surface area contributed by atoms with E-state index < -0.39 is 39.0 Å². The first-order valence-corrected chi connectivity index (χ1v) is 4.40. The molecule has 11 heteroatoms. The molecule has 1 atom stereocenters. The van der Waals surface area contributed by atoms with E-state index in [2.05, 4.69) is 0 Å². The molecule has 7 nitrogen and oxygen atoms in total. The Morgan fingerprint density at radius 2 is 1.68 bits per heavy atom. The highest BCUT2D eigenvalue weighted by Gasteiger charge is 2.43. The normalized spacial score (nSPS) is 12.4. The fraction of sp³-hybridized carbons (Fsp3) is 0.250. The van der Waals surface area contributed by atoms with E-state index in [1.807, 2.05) is 0 Å². The molecule has 0 aliphatic carbocycles. The predicted octanol–water partition coefficient (Wildman–Crippen LogP) is 2.49. The fourth-order valence-electron chi connectivity index (χ4n) is 1.32. The van der Waals surface area contributed by atoms with Crippen LogP contribution in [0.3, 0.4) is 0 Å². The number of nitrogens with two attached hydrogens (primary N) is 1. The van der Waals surface area contributed by atoms with Crippen LogP contribution in [-0.4, -0.2) is 16.0 Å². The van der Waals surface area contributed by atoms with Gasteiger partial charge in [0.25, 0.3) is 0 Å². The predicted molar refractivity (Wildman–Crippen MR) is 60.0 cm³/mol. The number of nitro benzene ring substituents is 2. The number of hydrogen-bond acceptors (Lipinski definition) is 5. The van der Waals surface area contributed by atoms with Crippen molar-refractivity contribution in [2.75, 3.05) is 0 Å². The van der Waals surface area contributed by atoms with E-state index >= 15 is 0 Å². The van der Waals surface area contributed by atoms with Gasteiger partial charge in [-0.05, 0) is 6.07 Å². The van der Waals surface area contributed by atoms with Crippen LogP contribution in [0.1, 0.15) is 11.6 Å². The first-order valence-electron chi connectivity index (χ1n) is 4.40. The number of nitrogens with zero attached hydrogens (tertiary/aromatic N) is 2. The Hall–Kier alpha value is -1.94. The maximum atomic E-state index is 12.4. The van der Waals surface area contributed by atoms with Gasteiger partial charge in [-0.15, -0.1) is 12.4 Å². The van der Waals surface area contributed by atoms with E-state index in [-0.39, 0.29) is 12.4 Å². The second-order valence-corrected chi connectivity index (χ2v) is 3.25. The first kappa shape index (κ1) is 17.1. The van der Waals surface area contributed by atoms with Gasteiger partial charge < -0.3 is 5.73 Å². The van der Waals surface area contributed by atoms with Crippen LogP contribution >= 0.6 is 12.4 Å². The summed E-state index contributed by atoms with van der Waals surface area (Å²) in [6, 6.07) is -0.266. The van der Waals surface area contributed by atoms with E-state index in [1.54, 1.807) is 0 Å². The van der Waals surface area contributed by atoms with Gasteiger partial charge in [-0.3, -0.25) is 20.2 Å². The van der Waals surface area contributed by atoms with Gasteiger partial charge in [0.15, 0.2) is 0 Å². The summed E-state index contributed by atoms with van der Waals surface area (Å²) in [5, 5.41) is 21.2. The molecule has 0 radical (unpaired) electrons. The van der Waals surface area contributed by atoms with Gasteiger partial charge in [0, 0.05) is 6.07 Å². The summed E-state index contributed by atoms with van der Waals surface area (Å²) < 4.78 is 37.2. The molecule has 0 spiro atoms. The molecule has 0 aliphatic heterocycles. The minimum absolute atomic E-state index is 0. The zero-order valence-corrected chi connectivity index (χ0v) is 9.77. The van der Waals surface area contributed by atoms with Crippen LogP contribution in [0, 0.1) is 20.2 Å². The average Bonchev–Trinajstić information content (AvgIpc) is 2.25. The number of halogens is 4. The Bertz CT molecular complexity index is 509. The molecular weight excluding hydrogens is 295 g/mol. The van der Waals surface area contributed by atoms with E-state index in [9.17, 15) is 33.4 Å². The summed E-state index contributed by atoms with van der Waals surface area (Å²) in [5.74, 6) is 0. The molecule has 0 fully saturated rings. The number of benzene rings is 1. The molecule has 0 saturated carbocycles. The average molecular weight is 302 g/mol. The van der Waals surface area contributed by atoms with Crippen molar-refractivity contribution in [2.45, 2.75) is 12.2 Å². The van der Waals surface area contributed by atoms with Gasteiger partial charge in [-0.2, -0.15) is 13.2 Å². The summed E-state index contributed by atoms with van der Waals surface area (Å²) in [4.78, 5) is 18.8. The van der Waals surface area contributed by atoms with Crippen LogP contribution in [0.4, 0.5) is 24.5 Å². The molecule has 0 amide bonds. The SMILES string of the molecule is Cl.N[C@H](c1cccc([N+](=O)[O-])c1[N+](=O)[O-])C(F)(F)F. The van der Waals surface area contributed by atoms with Gasteiger partial charge in [0.1, 0.15) is 6.04 Å². The van der Waals surface area contributed by atoms with E-state index in [0.29, 0.717) is 0 Å². The van der Waals surface area contributed by atoms with E-state index in [0.717, 1.165) is 18.2 Å². The third-order valence-corrected chi connectivity index (χ3v) is 2.11. The molecule has 0 bridgehead atoms. The lowest BCUT2D eigenvalue weighted by molar-refractivity contribution is -0.423. The summed E-state index contributed by atoms with van der Waals surface area (Å²) in [6.45, 7) is 0. The van der Waals surface area contributed by atoms with Crippen LogP contribution in [0.5, 0.6) is 0 Å². The van der Waals surface area contributed by atoms with Gasteiger partial charge in [-0.25, -0.2) is 0 Å². The Morgan fingerprint density at radius 1 is 1.16 bits per heavy atom. The first-order chi connectivity index (χ1) is 8.16. The van der Waals surface area contributed by atoms with Crippen molar-refractivity contribution in [3.05, 3.63) is 44.0 Å². The molecule has 106 valence electrons. The molecular formula is C8H7ClF3N3O4. The van der Waals surface area contributed by atoms with Gasteiger partial charge in [0.05, 0.1) is 15.4 Å². The molecule has 0 unspecified atom stereocenters. The minimum atomic E-state index is -4.93. The summed E-state index contributed by atoms with van der Waals surface area (Å²) in [7, 11) is 0. The fourth-order valence-corrected chi connectivity index (χ4v) is 1.32. The van der Waals surface area contributed by atoms with Crippen LogP contribution in [0.2, 0.25) is 0 Å². The monoisotopic (exact) mass is 301 g/mol. The smallest absolute Gasteiger partial charge is 0.316 e. The Kier molecular flexibility index (Phi) is 5.21. The maximum absolute atomic E-state index is 12.4. The summed E-state index contributed by atoms with van der Waals surface area (Å²) in [5.41, 5.74) is 1.61. The number of hydrogen-bond donors (Lipinski definition) is 1. The molecule has 2 N–H and O–H groups in total. The van der Waals surface area contributed by atoms with Crippen molar-refractivity contribution < 1.29 is 23.0 Å². The van der Waals surface area contributed by atoms with Crippen LogP contribution in [-0.2, 0) is 0 Å². The Morgan fingerprint density at radius 3 is 2.05 bits per heavy atom. The zero-order valence-electron chi connectivity index (χ0n) is 8.96. The molecule has 0 aliphatic rings. The summed E-state index contributed by atoms with van der Waals surface area (Å²) >= 11 is 0. The standard InChI is InChI=1S/C8H6F3N3O4.ClH/c9-8(10,11)7(12)4-2-1-3-5(13(15)16)6(4)14(17)18;/h1-3,7H,12H2;1H/t7-;/m1./s1. The van der Waals surface area contributed by atoms with Crippen LogP contribution in [0.15, 0.2) is 18.2 Å². The van der Waals surface area contributed by atoms with Crippen LogP contribution in [0.25, 0.3) is 0 Å². The topological polar surface area (TPSA) is 112 Å². The lowest BCUT2D eigenvalue weighted by Gasteiger charge is -2.15. The molecule has 19 heavy (non-hydrogen) atoms. The Labute approximate surface area is 109 Å². The highest BCUT2D eigenvalue weighted by atomic mass is 35.5. The van der Waals surface area contributed by atoms with Gasteiger partial charge in [0.2, 0.25) is 0 Å². The quantitative estimate of drug-likeness (QED) is 0.680. The Balaban J connectivity index is 0.00000324. The molecule has 0 aromatic heterocycles. The van der Waals surface area contributed by atoms with Crippen molar-refractivity contribution in [3.63, 3.8) is 0 Å². The minimum Gasteiger partial charge on any atom is -0.316 e. The second-order valence-electron chi connectivity index (χ2n) is 3.25. The van der Waals surface area contributed by atoms with Crippen molar-refractivity contribution in [1.82, 2.24) is 0 Å². The highest BCUT2D eigenvalue weighted by molar-refractivity contribution is 5.85. The zero-order chi connectivity index (χ0) is 14.1. The van der Waals surface area contributed by atoms with Gasteiger partial charge in [-0.1, -0.05) is 6.07 Å². The lowest BCUT2D eigenvalue weighted by atomic mass is 10.0. The van der Waals surface area contributed by atoms with E-state index in [1.165, 1.54) is 0 Å². The second kappa shape index (κ2) is 5.80. The molecule has 1 aromatic rings.